The molecule has 0 saturated carbocycles. The Balaban J connectivity index is 2.14. The fourth-order valence-electron chi connectivity index (χ4n) is 2.60. The largest absolute Gasteiger partial charge is 0.467 e. The summed E-state index contributed by atoms with van der Waals surface area (Å²) in [5, 5.41) is 10.7. The van der Waals surface area contributed by atoms with Crippen molar-refractivity contribution < 1.29 is 14.3 Å². The molecule has 1 unspecified atom stereocenters. The second kappa shape index (κ2) is 7.92. The molecular formula is C17H24N4O3. The first-order valence-electron chi connectivity index (χ1n) is 7.98. The average Bonchev–Trinajstić information content (AvgIpc) is 2.96. The van der Waals surface area contributed by atoms with E-state index >= 15 is 0 Å². The number of rotatable bonds is 7. The van der Waals surface area contributed by atoms with Gasteiger partial charge in [0.2, 0.25) is 5.91 Å². The van der Waals surface area contributed by atoms with E-state index in [0.29, 0.717) is 12.3 Å². The minimum Gasteiger partial charge on any atom is -0.467 e. The van der Waals surface area contributed by atoms with E-state index in [1.165, 1.54) is 7.11 Å². The van der Waals surface area contributed by atoms with Gasteiger partial charge in [0.25, 0.3) is 0 Å². The van der Waals surface area contributed by atoms with Crippen LogP contribution in [0.3, 0.4) is 0 Å². The van der Waals surface area contributed by atoms with Crippen LogP contribution in [0.4, 0.5) is 0 Å². The first kappa shape index (κ1) is 17.9. The lowest BCUT2D eigenvalue weighted by molar-refractivity contribution is -0.145. The predicted molar refractivity (Wildman–Crippen MR) is 91.2 cm³/mol. The Morgan fingerprint density at radius 2 is 2.04 bits per heavy atom. The molecule has 0 radical (unpaired) electrons. The van der Waals surface area contributed by atoms with Gasteiger partial charge in [-0.15, -0.1) is 0 Å². The van der Waals surface area contributed by atoms with E-state index in [1.807, 2.05) is 38.1 Å². The number of para-hydroxylation sites is 1. The van der Waals surface area contributed by atoms with Gasteiger partial charge in [-0.1, -0.05) is 32.0 Å². The number of carbonyl (C=O) groups excluding carboxylic acids is 2. The van der Waals surface area contributed by atoms with E-state index < -0.39 is 18.1 Å². The highest BCUT2D eigenvalue weighted by Gasteiger charge is 2.26. The SMILES string of the molecule is COC(=O)C(Cc1[nH]nc2ccccc12)NC(=O)[C@@H](N)CC(C)C. The van der Waals surface area contributed by atoms with E-state index in [1.54, 1.807) is 0 Å². The maximum Gasteiger partial charge on any atom is 0.328 e. The molecule has 4 N–H and O–H groups in total. The number of H-pyrrole nitrogens is 1. The molecule has 0 spiro atoms. The molecule has 2 rings (SSSR count). The zero-order chi connectivity index (χ0) is 17.7. The number of nitrogens with two attached hydrogens (primary N) is 1. The number of nitrogens with one attached hydrogen (secondary N) is 2. The number of benzene rings is 1. The molecule has 2 atom stereocenters. The highest BCUT2D eigenvalue weighted by molar-refractivity contribution is 5.88. The smallest absolute Gasteiger partial charge is 0.328 e. The highest BCUT2D eigenvalue weighted by Crippen LogP contribution is 2.17. The summed E-state index contributed by atoms with van der Waals surface area (Å²) in [6.45, 7) is 3.98. The van der Waals surface area contributed by atoms with Gasteiger partial charge < -0.3 is 15.8 Å². The number of methoxy groups -OCH3 is 1. The Hall–Kier alpha value is -2.41. The lowest BCUT2D eigenvalue weighted by Crippen LogP contribution is -2.50. The normalized spacial score (nSPS) is 13.7. The summed E-state index contributed by atoms with van der Waals surface area (Å²) in [5.74, 6) is -0.583. The molecule has 1 aromatic carbocycles. The number of nitrogens with zero attached hydrogens (tertiary/aromatic N) is 1. The van der Waals surface area contributed by atoms with E-state index in [0.717, 1.165) is 16.6 Å². The first-order valence-corrected chi connectivity index (χ1v) is 7.98. The maximum atomic E-state index is 12.2. The zero-order valence-electron chi connectivity index (χ0n) is 14.2. The number of hydrogen-bond acceptors (Lipinski definition) is 5. The van der Waals surface area contributed by atoms with Crippen LogP contribution < -0.4 is 11.1 Å². The molecule has 7 heteroatoms. The number of aromatic amines is 1. The lowest BCUT2D eigenvalue weighted by atomic mass is 10.0. The van der Waals surface area contributed by atoms with Crippen molar-refractivity contribution in [3.05, 3.63) is 30.0 Å². The Labute approximate surface area is 140 Å². The van der Waals surface area contributed by atoms with Gasteiger partial charge in [-0.3, -0.25) is 9.89 Å². The van der Waals surface area contributed by atoms with Gasteiger partial charge in [0.1, 0.15) is 6.04 Å². The van der Waals surface area contributed by atoms with Crippen LogP contribution in [0.25, 0.3) is 10.9 Å². The van der Waals surface area contributed by atoms with Crippen LogP contribution in [0.15, 0.2) is 24.3 Å². The molecule has 0 fully saturated rings. The zero-order valence-corrected chi connectivity index (χ0v) is 14.2. The summed E-state index contributed by atoms with van der Waals surface area (Å²) in [6, 6.07) is 6.09. The quantitative estimate of drug-likeness (QED) is 0.659. The standard InChI is InChI=1S/C17H24N4O3/c1-10(2)8-12(18)16(22)19-15(17(23)24-3)9-14-11-6-4-5-7-13(11)20-21-14/h4-7,10,12,15H,8-9,18H2,1-3H3,(H,19,22)(H,20,21)/t12-,15?/m0/s1. The number of hydrogen-bond donors (Lipinski definition) is 3. The summed E-state index contributed by atoms with van der Waals surface area (Å²) in [7, 11) is 1.29. The molecule has 2 aromatic rings. The molecule has 130 valence electrons. The fourth-order valence-corrected chi connectivity index (χ4v) is 2.60. The first-order chi connectivity index (χ1) is 11.4. The van der Waals surface area contributed by atoms with Gasteiger partial charge >= 0.3 is 5.97 Å². The van der Waals surface area contributed by atoms with Crippen molar-refractivity contribution >= 4 is 22.8 Å². The molecule has 0 aliphatic rings. The summed E-state index contributed by atoms with van der Waals surface area (Å²) in [4.78, 5) is 24.3. The number of carbonyl (C=O) groups is 2. The Morgan fingerprint density at radius 3 is 2.71 bits per heavy atom. The third kappa shape index (κ3) is 4.32. The van der Waals surface area contributed by atoms with Crippen LogP contribution in [0, 0.1) is 5.92 Å². The lowest BCUT2D eigenvalue weighted by Gasteiger charge is -2.19. The Bertz CT molecular complexity index is 711. The van der Waals surface area contributed by atoms with Crippen LogP contribution in [0.1, 0.15) is 26.0 Å². The van der Waals surface area contributed by atoms with Crippen molar-refractivity contribution in [3.8, 4) is 0 Å². The molecule has 1 amide bonds. The van der Waals surface area contributed by atoms with Crippen LogP contribution in [0.5, 0.6) is 0 Å². The number of aromatic nitrogens is 2. The van der Waals surface area contributed by atoms with Crippen molar-refractivity contribution in [3.63, 3.8) is 0 Å². The van der Waals surface area contributed by atoms with Crippen LogP contribution >= 0.6 is 0 Å². The van der Waals surface area contributed by atoms with Crippen molar-refractivity contribution in [2.45, 2.75) is 38.8 Å². The summed E-state index contributed by atoms with van der Waals surface area (Å²) >= 11 is 0. The average molecular weight is 332 g/mol. The number of ether oxygens (including phenoxy) is 1. The van der Waals surface area contributed by atoms with Crippen LogP contribution in [0.2, 0.25) is 0 Å². The van der Waals surface area contributed by atoms with Crippen molar-refractivity contribution in [2.24, 2.45) is 11.7 Å². The molecule has 0 saturated heterocycles. The predicted octanol–water partition coefficient (Wildman–Crippen LogP) is 1.14. The molecule has 1 heterocycles. The highest BCUT2D eigenvalue weighted by atomic mass is 16.5. The third-order valence-corrected chi connectivity index (χ3v) is 3.81. The van der Waals surface area contributed by atoms with Gasteiger partial charge in [-0.25, -0.2) is 4.79 Å². The van der Waals surface area contributed by atoms with Gasteiger partial charge in [0, 0.05) is 17.5 Å². The second-order valence-electron chi connectivity index (χ2n) is 6.24. The molecule has 0 aliphatic carbocycles. The van der Waals surface area contributed by atoms with E-state index in [2.05, 4.69) is 15.5 Å². The molecule has 1 aromatic heterocycles. The van der Waals surface area contributed by atoms with Crippen molar-refractivity contribution in [2.75, 3.05) is 7.11 Å². The maximum absolute atomic E-state index is 12.2. The Kier molecular flexibility index (Phi) is 5.92. The minimum absolute atomic E-state index is 0.257. The van der Waals surface area contributed by atoms with Crippen molar-refractivity contribution in [1.82, 2.24) is 15.5 Å². The Morgan fingerprint density at radius 1 is 1.33 bits per heavy atom. The molecule has 24 heavy (non-hydrogen) atoms. The summed E-state index contributed by atoms with van der Waals surface area (Å²) < 4.78 is 4.81. The van der Waals surface area contributed by atoms with E-state index in [4.69, 9.17) is 10.5 Å². The number of fused-ring (bicyclic) bond motifs is 1. The molecular weight excluding hydrogens is 308 g/mol. The van der Waals surface area contributed by atoms with Crippen LogP contribution in [-0.2, 0) is 20.7 Å². The van der Waals surface area contributed by atoms with Crippen molar-refractivity contribution in [1.29, 1.82) is 0 Å². The summed E-state index contributed by atoms with van der Waals surface area (Å²) in [6.07, 6.45) is 0.806. The molecule has 0 bridgehead atoms. The van der Waals surface area contributed by atoms with Crippen LogP contribution in [-0.4, -0.2) is 41.3 Å². The van der Waals surface area contributed by atoms with E-state index in [9.17, 15) is 9.59 Å². The number of amides is 1. The van der Waals surface area contributed by atoms with Gasteiger partial charge in [0.05, 0.1) is 18.7 Å². The second-order valence-corrected chi connectivity index (χ2v) is 6.24. The molecule has 0 aliphatic heterocycles. The third-order valence-electron chi connectivity index (χ3n) is 3.81. The topological polar surface area (TPSA) is 110 Å². The van der Waals surface area contributed by atoms with E-state index in [-0.39, 0.29) is 12.3 Å². The fraction of sp³-hybridized carbons (Fsp3) is 0.471. The minimum atomic E-state index is -0.815. The number of esters is 1. The van der Waals surface area contributed by atoms with Gasteiger partial charge in [-0.2, -0.15) is 5.10 Å². The molecule has 7 nitrogen and oxygen atoms in total. The monoisotopic (exact) mass is 332 g/mol. The van der Waals surface area contributed by atoms with Gasteiger partial charge in [-0.05, 0) is 18.4 Å². The van der Waals surface area contributed by atoms with Gasteiger partial charge in [0.15, 0.2) is 0 Å². The summed E-state index contributed by atoms with van der Waals surface area (Å²) in [5.41, 5.74) is 7.45.